The number of anilines is 2. The molecule has 0 spiro atoms. The van der Waals surface area contributed by atoms with E-state index in [1.165, 1.54) is 0 Å². The van der Waals surface area contributed by atoms with Gasteiger partial charge in [-0.1, -0.05) is 13.3 Å². The molecule has 0 radical (unpaired) electrons. The number of nitrogen functional groups attached to an aromatic ring is 1. The van der Waals surface area contributed by atoms with Gasteiger partial charge in [0.2, 0.25) is 0 Å². The highest BCUT2D eigenvalue weighted by Crippen LogP contribution is 2.16. The Morgan fingerprint density at radius 2 is 1.72 bits per heavy atom. The Kier molecular flexibility index (Phi) is 6.83. The van der Waals surface area contributed by atoms with Crippen LogP contribution in [-0.2, 0) is 9.53 Å². The molecule has 25 heavy (non-hydrogen) atoms. The van der Waals surface area contributed by atoms with Crippen LogP contribution >= 0.6 is 0 Å². The summed E-state index contributed by atoms with van der Waals surface area (Å²) in [6.45, 7) is 2.41. The second-order valence-corrected chi connectivity index (χ2v) is 5.47. The van der Waals surface area contributed by atoms with Crippen molar-refractivity contribution < 1.29 is 19.1 Å². The van der Waals surface area contributed by atoms with Crippen molar-refractivity contribution in [2.24, 2.45) is 0 Å². The first-order valence-corrected chi connectivity index (χ1v) is 8.14. The Balaban J connectivity index is 1.77. The Labute approximate surface area is 146 Å². The number of benzene rings is 2. The topological polar surface area (TPSA) is 90.6 Å². The predicted molar refractivity (Wildman–Crippen MR) is 96.6 cm³/mol. The van der Waals surface area contributed by atoms with Gasteiger partial charge in [0.25, 0.3) is 5.91 Å². The summed E-state index contributed by atoms with van der Waals surface area (Å²) >= 11 is 0. The molecule has 2 aromatic rings. The van der Waals surface area contributed by atoms with Gasteiger partial charge in [-0.05, 0) is 55.0 Å². The molecule has 6 heteroatoms. The molecule has 0 saturated heterocycles. The van der Waals surface area contributed by atoms with Crippen molar-refractivity contribution in [2.75, 3.05) is 24.3 Å². The zero-order chi connectivity index (χ0) is 18.1. The maximum atomic E-state index is 11.9. The molecular formula is C19H22N2O4. The number of carbonyl (C=O) groups is 2. The third-order valence-electron chi connectivity index (χ3n) is 3.39. The van der Waals surface area contributed by atoms with Crippen molar-refractivity contribution in [1.29, 1.82) is 0 Å². The van der Waals surface area contributed by atoms with Crippen LogP contribution in [0.3, 0.4) is 0 Å². The van der Waals surface area contributed by atoms with E-state index in [2.05, 4.69) is 12.2 Å². The van der Waals surface area contributed by atoms with Gasteiger partial charge in [-0.2, -0.15) is 0 Å². The maximum absolute atomic E-state index is 11.9. The molecular weight excluding hydrogens is 320 g/mol. The molecule has 0 aromatic heterocycles. The lowest BCUT2D eigenvalue weighted by molar-refractivity contribution is -0.119. The molecule has 0 aliphatic heterocycles. The quantitative estimate of drug-likeness (QED) is 0.436. The minimum atomic E-state index is -0.574. The van der Waals surface area contributed by atoms with E-state index in [9.17, 15) is 9.59 Å². The van der Waals surface area contributed by atoms with Gasteiger partial charge < -0.3 is 20.5 Å². The van der Waals surface area contributed by atoms with Crippen LogP contribution in [0.25, 0.3) is 0 Å². The Hall–Kier alpha value is -3.02. The minimum absolute atomic E-state index is 0.343. The number of hydrogen-bond acceptors (Lipinski definition) is 5. The van der Waals surface area contributed by atoms with Crippen LogP contribution in [-0.4, -0.2) is 25.1 Å². The molecule has 0 saturated carbocycles. The standard InChI is InChI=1S/C19H22N2O4/c1-2-3-12-24-17-10-8-16(9-11-17)21-18(22)13-25-19(23)14-4-6-15(20)7-5-14/h4-11H,2-3,12-13,20H2,1H3,(H,21,22). The van der Waals surface area contributed by atoms with Gasteiger partial charge in [-0.15, -0.1) is 0 Å². The van der Waals surface area contributed by atoms with Crippen molar-refractivity contribution >= 4 is 23.3 Å². The first kappa shape index (κ1) is 18.3. The highest BCUT2D eigenvalue weighted by atomic mass is 16.5. The molecule has 0 aliphatic carbocycles. The van der Waals surface area contributed by atoms with Crippen molar-refractivity contribution in [2.45, 2.75) is 19.8 Å². The van der Waals surface area contributed by atoms with Crippen LogP contribution < -0.4 is 15.8 Å². The number of hydrogen-bond donors (Lipinski definition) is 2. The highest BCUT2D eigenvalue weighted by molar-refractivity contribution is 5.95. The van der Waals surface area contributed by atoms with Crippen LogP contribution in [0.4, 0.5) is 11.4 Å². The average molecular weight is 342 g/mol. The van der Waals surface area contributed by atoms with E-state index in [-0.39, 0.29) is 6.61 Å². The van der Waals surface area contributed by atoms with Crippen molar-refractivity contribution in [3.05, 3.63) is 54.1 Å². The van der Waals surface area contributed by atoms with Crippen LogP contribution in [0.2, 0.25) is 0 Å². The second-order valence-electron chi connectivity index (χ2n) is 5.47. The first-order chi connectivity index (χ1) is 12.1. The molecule has 1 amide bonds. The molecule has 2 aromatic carbocycles. The number of amides is 1. The fraction of sp³-hybridized carbons (Fsp3) is 0.263. The van der Waals surface area contributed by atoms with Crippen LogP contribution in [0.15, 0.2) is 48.5 Å². The van der Waals surface area contributed by atoms with Crippen molar-refractivity contribution in [1.82, 2.24) is 0 Å². The Morgan fingerprint density at radius 3 is 2.36 bits per heavy atom. The Morgan fingerprint density at radius 1 is 1.04 bits per heavy atom. The molecule has 0 bridgehead atoms. The largest absolute Gasteiger partial charge is 0.494 e. The summed E-state index contributed by atoms with van der Waals surface area (Å²) in [5, 5.41) is 2.66. The molecule has 3 N–H and O–H groups in total. The SMILES string of the molecule is CCCCOc1ccc(NC(=O)COC(=O)c2ccc(N)cc2)cc1. The van der Waals surface area contributed by atoms with Gasteiger partial charge in [0.05, 0.1) is 12.2 Å². The lowest BCUT2D eigenvalue weighted by Gasteiger charge is -2.08. The van der Waals surface area contributed by atoms with E-state index in [1.54, 1.807) is 48.5 Å². The zero-order valence-electron chi connectivity index (χ0n) is 14.2. The van der Waals surface area contributed by atoms with Crippen LogP contribution in [0.5, 0.6) is 5.75 Å². The van der Waals surface area contributed by atoms with E-state index in [0.29, 0.717) is 23.5 Å². The van der Waals surface area contributed by atoms with E-state index in [4.69, 9.17) is 15.2 Å². The molecule has 132 valence electrons. The first-order valence-electron chi connectivity index (χ1n) is 8.14. The number of ether oxygens (including phenoxy) is 2. The molecule has 0 fully saturated rings. The second kappa shape index (κ2) is 9.32. The van der Waals surface area contributed by atoms with E-state index >= 15 is 0 Å². The molecule has 0 unspecified atom stereocenters. The number of unbranched alkanes of at least 4 members (excludes halogenated alkanes) is 1. The number of esters is 1. The number of rotatable bonds is 8. The molecule has 0 atom stereocenters. The third-order valence-corrected chi connectivity index (χ3v) is 3.39. The van der Waals surface area contributed by atoms with Gasteiger partial charge in [0, 0.05) is 11.4 Å². The summed E-state index contributed by atoms with van der Waals surface area (Å²) < 4.78 is 10.5. The van der Waals surface area contributed by atoms with Crippen LogP contribution in [0, 0.1) is 0 Å². The zero-order valence-corrected chi connectivity index (χ0v) is 14.2. The number of nitrogens with one attached hydrogen (secondary N) is 1. The lowest BCUT2D eigenvalue weighted by atomic mass is 10.2. The maximum Gasteiger partial charge on any atom is 0.338 e. The molecule has 6 nitrogen and oxygen atoms in total. The van der Waals surface area contributed by atoms with Gasteiger partial charge in [-0.3, -0.25) is 4.79 Å². The van der Waals surface area contributed by atoms with E-state index in [1.807, 2.05) is 0 Å². The highest BCUT2D eigenvalue weighted by Gasteiger charge is 2.10. The summed E-state index contributed by atoms with van der Waals surface area (Å²) in [6.07, 6.45) is 2.07. The van der Waals surface area contributed by atoms with Crippen molar-refractivity contribution in [3.63, 3.8) is 0 Å². The summed E-state index contributed by atoms with van der Waals surface area (Å²) in [5.74, 6) is -0.237. The fourth-order valence-electron chi connectivity index (χ4n) is 2.00. The molecule has 0 heterocycles. The Bertz CT molecular complexity index is 696. The fourth-order valence-corrected chi connectivity index (χ4v) is 2.00. The molecule has 0 aliphatic rings. The van der Waals surface area contributed by atoms with Gasteiger partial charge in [0.1, 0.15) is 5.75 Å². The molecule has 2 rings (SSSR count). The lowest BCUT2D eigenvalue weighted by Crippen LogP contribution is -2.20. The van der Waals surface area contributed by atoms with Crippen LogP contribution in [0.1, 0.15) is 30.1 Å². The average Bonchev–Trinajstić information content (AvgIpc) is 2.62. The number of carbonyl (C=O) groups excluding carboxylic acids is 2. The van der Waals surface area contributed by atoms with E-state index in [0.717, 1.165) is 18.6 Å². The summed E-state index contributed by atoms with van der Waals surface area (Å²) in [5.41, 5.74) is 7.06. The minimum Gasteiger partial charge on any atom is -0.494 e. The van der Waals surface area contributed by atoms with Gasteiger partial charge in [-0.25, -0.2) is 4.79 Å². The third kappa shape index (κ3) is 6.18. The monoisotopic (exact) mass is 342 g/mol. The summed E-state index contributed by atoms with van der Waals surface area (Å²) in [7, 11) is 0. The predicted octanol–water partition coefficient (Wildman–Crippen LogP) is 3.24. The smallest absolute Gasteiger partial charge is 0.338 e. The summed E-state index contributed by atoms with van der Waals surface area (Å²) in [6, 6.07) is 13.3. The summed E-state index contributed by atoms with van der Waals surface area (Å²) in [4.78, 5) is 23.7. The normalized spacial score (nSPS) is 10.1. The van der Waals surface area contributed by atoms with E-state index < -0.39 is 11.9 Å². The van der Waals surface area contributed by atoms with Gasteiger partial charge >= 0.3 is 5.97 Å². The number of nitrogens with two attached hydrogens (primary N) is 1. The van der Waals surface area contributed by atoms with Crippen molar-refractivity contribution in [3.8, 4) is 5.75 Å². The van der Waals surface area contributed by atoms with Gasteiger partial charge in [0.15, 0.2) is 6.61 Å².